The van der Waals surface area contributed by atoms with Crippen LogP contribution in [0.4, 0.5) is 0 Å². The molecule has 3 heterocycles. The van der Waals surface area contributed by atoms with Gasteiger partial charge < -0.3 is 43.5 Å². The Morgan fingerprint density at radius 1 is 0.843 bits per heavy atom. The minimum atomic E-state index is -2.38. The molecule has 13 nitrogen and oxygen atoms in total. The second-order valence-corrected chi connectivity index (χ2v) is 21.2. The van der Waals surface area contributed by atoms with Crippen LogP contribution in [0.2, 0.25) is 0 Å². The number of cyclic esters (lactones) is 1. The van der Waals surface area contributed by atoms with Crippen molar-refractivity contribution in [2.45, 2.75) is 206 Å². The molecule has 3 fully saturated rings. The lowest BCUT2D eigenvalue weighted by molar-refractivity contribution is -0.265. The Morgan fingerprint density at radius 3 is 2.30 bits per heavy atom. The Bertz CT molecular complexity index is 1850. The van der Waals surface area contributed by atoms with E-state index in [0.717, 1.165) is 50.5 Å². The number of terminal acetylenes is 1. The van der Waals surface area contributed by atoms with Gasteiger partial charge in [0.1, 0.15) is 24.4 Å². The molecule has 2 N–H and O–H groups in total. The highest BCUT2D eigenvalue weighted by molar-refractivity contribution is 6.39. The first-order valence-corrected chi connectivity index (χ1v) is 26.4. The van der Waals surface area contributed by atoms with Gasteiger partial charge in [-0.05, 0) is 139 Å². The molecule has 0 radical (unpaired) electrons. The summed E-state index contributed by atoms with van der Waals surface area (Å²) in [6.07, 6.45) is 23.8. The molecular formula is C57H89NO12. The summed E-state index contributed by atoms with van der Waals surface area (Å²) in [4.78, 5) is 58.2. The molecule has 4 rings (SSSR count). The molecule has 3 aliphatic heterocycles. The molecular weight excluding hydrogens is 891 g/mol. The van der Waals surface area contributed by atoms with Crippen LogP contribution in [0.1, 0.15) is 151 Å². The van der Waals surface area contributed by atoms with Crippen molar-refractivity contribution >= 4 is 23.4 Å². The lowest BCUT2D eigenvalue weighted by Gasteiger charge is -2.42. The third-order valence-electron chi connectivity index (χ3n) is 15.5. The van der Waals surface area contributed by atoms with Crippen molar-refractivity contribution in [3.63, 3.8) is 0 Å². The van der Waals surface area contributed by atoms with E-state index in [1.165, 1.54) is 12.0 Å². The molecule has 13 heteroatoms. The highest BCUT2D eigenvalue weighted by Gasteiger charge is 2.53. The maximum absolute atomic E-state index is 14.5. The Kier molecular flexibility index (Phi) is 24.7. The van der Waals surface area contributed by atoms with Crippen LogP contribution in [-0.4, -0.2) is 128 Å². The number of Topliss-reactive ketones (excluding diaryl/α,β-unsaturated/α-hetero) is 2. The maximum Gasteiger partial charge on any atom is 0.329 e. The molecule has 394 valence electrons. The second kappa shape index (κ2) is 29.3. The lowest BCUT2D eigenvalue weighted by Crippen LogP contribution is -2.61. The van der Waals surface area contributed by atoms with Crippen molar-refractivity contribution < 1.29 is 57.8 Å². The average molecular weight is 980 g/mol. The topological polar surface area (TPSA) is 167 Å². The number of aliphatic hydroxyl groups is 2. The minimum absolute atomic E-state index is 0.00612. The fourth-order valence-corrected chi connectivity index (χ4v) is 11.0. The first-order valence-electron chi connectivity index (χ1n) is 26.4. The van der Waals surface area contributed by atoms with Crippen LogP contribution in [-0.2, 0) is 47.6 Å². The Morgan fingerprint density at radius 2 is 1.60 bits per heavy atom. The average Bonchev–Trinajstić information content (AvgIpc) is 3.34. The van der Waals surface area contributed by atoms with Crippen molar-refractivity contribution in [2.24, 2.45) is 35.5 Å². The second-order valence-electron chi connectivity index (χ2n) is 21.2. The van der Waals surface area contributed by atoms with Gasteiger partial charge in [-0.1, -0.05) is 71.1 Å². The lowest BCUT2D eigenvalue weighted by atomic mass is 9.78. The van der Waals surface area contributed by atoms with Gasteiger partial charge in [-0.3, -0.25) is 14.4 Å². The third-order valence-corrected chi connectivity index (χ3v) is 15.5. The van der Waals surface area contributed by atoms with Crippen LogP contribution in [0.3, 0.4) is 0 Å². The van der Waals surface area contributed by atoms with Crippen LogP contribution in [0.25, 0.3) is 0 Å². The summed E-state index contributed by atoms with van der Waals surface area (Å²) in [5, 5.41) is 23.6. The molecule has 0 unspecified atom stereocenters. The SMILES string of the molecule is C#CCCCCO[C@@H]1CC[C@@H](C[C@@H](C)[C@@H]2CC[C@H](C)/C=C(\C)[C@@H](O)[C@@H](OC)C(=O)[C@H](C)C[C@H](C)/C=C/C=C/C=C(\C)[C@@H](OC)C[C@@H]3CC[C@@H](C)[C@@](O)(O3)C(=O)C(=O)N3CCCC[C@H]3C(=O)O2)C[C@H]1OC. The molecule has 1 saturated carbocycles. The van der Waals surface area contributed by atoms with Gasteiger partial charge in [0, 0.05) is 59.2 Å². The van der Waals surface area contributed by atoms with Crippen LogP contribution < -0.4 is 0 Å². The number of carbonyl (C=O) groups excluding carboxylic acids is 4. The predicted molar refractivity (Wildman–Crippen MR) is 271 cm³/mol. The van der Waals surface area contributed by atoms with E-state index in [1.807, 2.05) is 71.1 Å². The highest BCUT2D eigenvalue weighted by atomic mass is 16.6. The minimum Gasteiger partial charge on any atom is -0.461 e. The molecule has 4 aliphatic rings. The molecule has 0 spiro atoms. The zero-order chi connectivity index (χ0) is 51.5. The summed E-state index contributed by atoms with van der Waals surface area (Å²) < 4.78 is 36.5. The number of ether oxygens (including phenoxy) is 6. The molecule has 2 bridgehead atoms. The van der Waals surface area contributed by atoms with Crippen LogP contribution >= 0.6 is 0 Å². The van der Waals surface area contributed by atoms with Gasteiger partial charge in [-0.2, -0.15) is 0 Å². The van der Waals surface area contributed by atoms with E-state index in [2.05, 4.69) is 12.8 Å². The number of amides is 1. The number of aliphatic hydroxyl groups excluding tert-OH is 1. The van der Waals surface area contributed by atoms with E-state index < -0.39 is 65.9 Å². The number of unbranched alkanes of at least 4 members (excludes halogenated alkanes) is 2. The number of nitrogens with zero attached hydrogens (tertiary/aromatic N) is 1. The number of fused-ring (bicyclic) bond motifs is 3. The Balaban J connectivity index is 1.64. The first-order chi connectivity index (χ1) is 33.4. The summed E-state index contributed by atoms with van der Waals surface area (Å²) >= 11 is 0. The standard InChI is InChI=1S/C57H89NO12/c1-12-13-14-20-31-68-48-29-26-44(35-50(48)66-10)34-40(5)47-28-24-38(3)33-42(7)52(60)53(67-11)51(59)41(6)32-37(2)21-16-15-17-22-39(4)49(65-9)36-45-27-25-43(8)57(64,70-45)54(61)55(62)58-30-19-18-23-46(58)56(63)69-47/h1,15-17,21-22,33,37-38,40-41,43-50,52-53,60,64H,13-14,18-20,23-32,34-36H2,2-11H3/b17-15+,21-16+,39-22+,42-33+/t37-,38+,40-,41-,43-,44+,45+,46+,47+,48-,49+,50-,52-,53+,57-/m1/s1. The summed E-state index contributed by atoms with van der Waals surface area (Å²) in [7, 11) is 4.78. The number of esters is 1. The molecule has 15 atom stereocenters. The number of hydrogen-bond acceptors (Lipinski definition) is 12. The van der Waals surface area contributed by atoms with Gasteiger partial charge in [0.05, 0.1) is 24.4 Å². The van der Waals surface area contributed by atoms with E-state index in [4.69, 9.17) is 34.8 Å². The Labute approximate surface area is 420 Å². The number of ketones is 2. The zero-order valence-electron chi connectivity index (χ0n) is 44.3. The molecule has 70 heavy (non-hydrogen) atoms. The van der Waals surface area contributed by atoms with E-state index >= 15 is 0 Å². The number of allylic oxidation sites excluding steroid dienone is 6. The van der Waals surface area contributed by atoms with Gasteiger partial charge in [-0.15, -0.1) is 12.3 Å². The number of rotatable bonds is 11. The molecule has 1 aliphatic carbocycles. The van der Waals surface area contributed by atoms with Gasteiger partial charge in [0.15, 0.2) is 5.78 Å². The van der Waals surface area contributed by atoms with Crippen LogP contribution in [0, 0.1) is 47.9 Å². The molecule has 2 saturated heterocycles. The molecule has 0 aromatic heterocycles. The van der Waals surface area contributed by atoms with Crippen molar-refractivity contribution in [1.82, 2.24) is 4.90 Å². The number of hydrogen-bond donors (Lipinski definition) is 2. The number of carbonyl (C=O) groups is 4. The smallest absolute Gasteiger partial charge is 0.329 e. The highest BCUT2D eigenvalue weighted by Crippen LogP contribution is 2.38. The van der Waals surface area contributed by atoms with Gasteiger partial charge in [0.25, 0.3) is 11.7 Å². The van der Waals surface area contributed by atoms with Crippen molar-refractivity contribution in [1.29, 1.82) is 0 Å². The summed E-state index contributed by atoms with van der Waals surface area (Å²) in [5.41, 5.74) is 1.52. The largest absolute Gasteiger partial charge is 0.461 e. The number of piperidine rings is 1. The van der Waals surface area contributed by atoms with Gasteiger partial charge in [0.2, 0.25) is 5.79 Å². The molecule has 0 aromatic rings. The normalized spacial score (nSPS) is 38.2. The van der Waals surface area contributed by atoms with E-state index in [9.17, 15) is 29.4 Å². The Hall–Kier alpha value is -3.48. The monoisotopic (exact) mass is 980 g/mol. The summed E-state index contributed by atoms with van der Waals surface area (Å²) in [6, 6.07) is -1.02. The fourth-order valence-electron chi connectivity index (χ4n) is 11.0. The van der Waals surface area contributed by atoms with Crippen molar-refractivity contribution in [2.75, 3.05) is 34.5 Å². The quantitative estimate of drug-likeness (QED) is 0.0665. The number of methoxy groups -OCH3 is 3. The fraction of sp³-hybridized carbons (Fsp3) is 0.754. The van der Waals surface area contributed by atoms with Crippen molar-refractivity contribution in [3.8, 4) is 12.3 Å². The van der Waals surface area contributed by atoms with E-state index in [-0.39, 0.29) is 54.1 Å². The van der Waals surface area contributed by atoms with Gasteiger partial charge in [-0.25, -0.2) is 4.79 Å². The van der Waals surface area contributed by atoms with Crippen molar-refractivity contribution in [3.05, 3.63) is 47.6 Å². The summed E-state index contributed by atoms with van der Waals surface area (Å²) in [6.45, 7) is 14.3. The predicted octanol–water partition coefficient (Wildman–Crippen LogP) is 8.83. The van der Waals surface area contributed by atoms with E-state index in [1.54, 1.807) is 21.1 Å². The molecule has 1 amide bonds. The van der Waals surface area contributed by atoms with E-state index in [0.29, 0.717) is 70.0 Å². The maximum atomic E-state index is 14.5. The van der Waals surface area contributed by atoms with Crippen LogP contribution in [0.15, 0.2) is 47.6 Å². The van der Waals surface area contributed by atoms with Crippen LogP contribution in [0.5, 0.6) is 0 Å². The third kappa shape index (κ3) is 16.8. The summed E-state index contributed by atoms with van der Waals surface area (Å²) in [5.74, 6) is -3.29. The molecule has 0 aromatic carbocycles. The first kappa shape index (κ1) is 59.1. The van der Waals surface area contributed by atoms with Gasteiger partial charge >= 0.3 is 5.97 Å². The zero-order valence-corrected chi connectivity index (χ0v) is 44.3.